The number of carbonyl (C=O) groups excluding carboxylic acids is 2. The molecule has 0 N–H and O–H groups in total. The molecular weight excluding hydrogens is 314 g/mol. The van der Waals surface area contributed by atoms with Crippen LogP contribution in [0.4, 0.5) is 5.69 Å². The standard InChI is InChI=1S/C21H23NO3/c1-3-19(23)17-11-12-20-18(14-17)22(21(24)15(2)25-20)13-7-10-16-8-5-4-6-9-16/h4-6,8-9,11-12,14-15H,3,7,10,13H2,1-2H3. The summed E-state index contributed by atoms with van der Waals surface area (Å²) >= 11 is 0. The molecule has 2 aromatic rings. The first kappa shape index (κ1) is 17.2. The third kappa shape index (κ3) is 3.73. The quantitative estimate of drug-likeness (QED) is 0.748. The molecule has 0 spiro atoms. The van der Waals surface area contributed by atoms with Crippen LogP contribution in [0.2, 0.25) is 0 Å². The summed E-state index contributed by atoms with van der Waals surface area (Å²) < 4.78 is 5.70. The Morgan fingerprint density at radius 3 is 2.64 bits per heavy atom. The minimum atomic E-state index is -0.503. The number of rotatable bonds is 6. The third-order valence-electron chi connectivity index (χ3n) is 4.50. The number of benzene rings is 2. The average Bonchev–Trinajstić information content (AvgIpc) is 2.64. The van der Waals surface area contributed by atoms with E-state index in [2.05, 4.69) is 12.1 Å². The van der Waals surface area contributed by atoms with E-state index in [0.29, 0.717) is 30.0 Å². The highest BCUT2D eigenvalue weighted by atomic mass is 16.5. The predicted octanol–water partition coefficient (Wildman–Crippen LogP) is 4.03. The van der Waals surface area contributed by atoms with Crippen molar-refractivity contribution in [2.45, 2.75) is 39.2 Å². The summed E-state index contributed by atoms with van der Waals surface area (Å²) in [4.78, 5) is 26.4. The summed E-state index contributed by atoms with van der Waals surface area (Å²) in [6.45, 7) is 4.21. The summed E-state index contributed by atoms with van der Waals surface area (Å²) in [6, 6.07) is 15.6. The van der Waals surface area contributed by atoms with Crippen molar-refractivity contribution >= 4 is 17.4 Å². The molecular formula is C21H23NO3. The van der Waals surface area contributed by atoms with Crippen LogP contribution >= 0.6 is 0 Å². The Morgan fingerprint density at radius 1 is 1.16 bits per heavy atom. The fraction of sp³-hybridized carbons (Fsp3) is 0.333. The molecule has 0 aromatic heterocycles. The van der Waals surface area contributed by atoms with Gasteiger partial charge in [-0.2, -0.15) is 0 Å². The second kappa shape index (κ2) is 7.51. The van der Waals surface area contributed by atoms with E-state index in [1.807, 2.05) is 25.1 Å². The number of carbonyl (C=O) groups is 2. The molecule has 130 valence electrons. The topological polar surface area (TPSA) is 46.6 Å². The number of hydrogen-bond donors (Lipinski definition) is 0. The largest absolute Gasteiger partial charge is 0.479 e. The smallest absolute Gasteiger partial charge is 0.267 e. The number of nitrogens with zero attached hydrogens (tertiary/aromatic N) is 1. The van der Waals surface area contributed by atoms with Crippen molar-refractivity contribution in [1.29, 1.82) is 0 Å². The molecule has 1 atom stereocenters. The normalized spacial score (nSPS) is 16.3. The molecule has 4 nitrogen and oxygen atoms in total. The Morgan fingerprint density at radius 2 is 1.92 bits per heavy atom. The van der Waals surface area contributed by atoms with Gasteiger partial charge in [-0.1, -0.05) is 37.3 Å². The molecule has 1 unspecified atom stereocenters. The molecule has 0 saturated heterocycles. The molecule has 3 rings (SSSR count). The second-order valence-corrected chi connectivity index (χ2v) is 6.30. The van der Waals surface area contributed by atoms with Crippen LogP contribution in [-0.2, 0) is 11.2 Å². The monoisotopic (exact) mass is 337 g/mol. The summed E-state index contributed by atoms with van der Waals surface area (Å²) in [5.41, 5.74) is 2.59. The first-order valence-electron chi connectivity index (χ1n) is 8.79. The highest BCUT2D eigenvalue weighted by molar-refractivity contribution is 6.02. The Kier molecular flexibility index (Phi) is 5.17. The minimum absolute atomic E-state index is 0.0540. The lowest BCUT2D eigenvalue weighted by Crippen LogP contribution is -2.45. The van der Waals surface area contributed by atoms with Gasteiger partial charge in [-0.25, -0.2) is 0 Å². The molecule has 1 aliphatic rings. The number of anilines is 1. The molecule has 0 radical (unpaired) electrons. The van der Waals surface area contributed by atoms with Crippen molar-refractivity contribution in [3.63, 3.8) is 0 Å². The molecule has 1 heterocycles. The summed E-state index contributed by atoms with van der Waals surface area (Å²) in [7, 11) is 0. The zero-order chi connectivity index (χ0) is 17.8. The van der Waals surface area contributed by atoms with E-state index in [-0.39, 0.29) is 11.7 Å². The molecule has 0 fully saturated rings. The van der Waals surface area contributed by atoms with Crippen molar-refractivity contribution in [2.75, 3.05) is 11.4 Å². The van der Waals surface area contributed by atoms with E-state index in [4.69, 9.17) is 4.74 Å². The van der Waals surface area contributed by atoms with E-state index in [9.17, 15) is 9.59 Å². The van der Waals surface area contributed by atoms with Gasteiger partial charge in [-0.3, -0.25) is 9.59 Å². The zero-order valence-electron chi connectivity index (χ0n) is 14.7. The maximum absolute atomic E-state index is 12.6. The van der Waals surface area contributed by atoms with E-state index in [1.54, 1.807) is 30.0 Å². The Hall–Kier alpha value is -2.62. The van der Waals surface area contributed by atoms with Gasteiger partial charge in [0.2, 0.25) is 0 Å². The van der Waals surface area contributed by atoms with Crippen LogP contribution in [0.3, 0.4) is 0 Å². The molecule has 0 saturated carbocycles. The number of Topliss-reactive ketones (excluding diaryl/α,β-unsaturated/α-hetero) is 1. The van der Waals surface area contributed by atoms with Gasteiger partial charge in [0.1, 0.15) is 5.75 Å². The lowest BCUT2D eigenvalue weighted by molar-refractivity contribution is -0.125. The number of aryl methyl sites for hydroxylation is 1. The van der Waals surface area contributed by atoms with Crippen molar-refractivity contribution < 1.29 is 14.3 Å². The van der Waals surface area contributed by atoms with E-state index >= 15 is 0 Å². The molecule has 0 aliphatic carbocycles. The maximum atomic E-state index is 12.6. The molecule has 2 aromatic carbocycles. The van der Waals surface area contributed by atoms with Crippen LogP contribution in [-0.4, -0.2) is 24.3 Å². The number of fused-ring (bicyclic) bond motifs is 1. The van der Waals surface area contributed by atoms with Crippen molar-refractivity contribution in [3.05, 3.63) is 59.7 Å². The van der Waals surface area contributed by atoms with Crippen LogP contribution < -0.4 is 9.64 Å². The predicted molar refractivity (Wildman–Crippen MR) is 98.3 cm³/mol. The van der Waals surface area contributed by atoms with Gasteiger partial charge >= 0.3 is 0 Å². The van der Waals surface area contributed by atoms with Gasteiger partial charge in [-0.05, 0) is 43.5 Å². The average molecular weight is 337 g/mol. The van der Waals surface area contributed by atoms with Crippen LogP contribution in [0, 0.1) is 0 Å². The van der Waals surface area contributed by atoms with E-state index in [1.165, 1.54) is 5.56 Å². The molecule has 4 heteroatoms. The van der Waals surface area contributed by atoms with E-state index in [0.717, 1.165) is 12.8 Å². The lowest BCUT2D eigenvalue weighted by atomic mass is 10.0. The second-order valence-electron chi connectivity index (χ2n) is 6.30. The third-order valence-corrected chi connectivity index (χ3v) is 4.50. The molecule has 1 aliphatic heterocycles. The van der Waals surface area contributed by atoms with Gasteiger partial charge in [0, 0.05) is 18.5 Å². The van der Waals surface area contributed by atoms with E-state index < -0.39 is 6.10 Å². The zero-order valence-corrected chi connectivity index (χ0v) is 14.7. The number of ketones is 1. The first-order chi connectivity index (χ1) is 12.1. The highest BCUT2D eigenvalue weighted by Gasteiger charge is 2.31. The molecule has 1 amide bonds. The Bertz CT molecular complexity index is 770. The van der Waals surface area contributed by atoms with Gasteiger partial charge < -0.3 is 9.64 Å². The Labute approximate surface area is 148 Å². The fourth-order valence-corrected chi connectivity index (χ4v) is 3.10. The van der Waals surface area contributed by atoms with Gasteiger partial charge in [0.05, 0.1) is 5.69 Å². The van der Waals surface area contributed by atoms with Crippen LogP contribution in [0.1, 0.15) is 42.6 Å². The molecule has 25 heavy (non-hydrogen) atoms. The summed E-state index contributed by atoms with van der Waals surface area (Å²) in [5.74, 6) is 0.680. The SMILES string of the molecule is CCC(=O)c1ccc2c(c1)N(CCCc1ccccc1)C(=O)C(C)O2. The van der Waals surface area contributed by atoms with Crippen LogP contribution in [0.25, 0.3) is 0 Å². The highest BCUT2D eigenvalue weighted by Crippen LogP contribution is 2.35. The summed E-state index contributed by atoms with van der Waals surface area (Å²) in [5, 5.41) is 0. The number of ether oxygens (including phenoxy) is 1. The van der Waals surface area contributed by atoms with Crippen LogP contribution in [0.15, 0.2) is 48.5 Å². The van der Waals surface area contributed by atoms with Crippen molar-refractivity contribution in [3.8, 4) is 5.75 Å². The number of hydrogen-bond acceptors (Lipinski definition) is 3. The maximum Gasteiger partial charge on any atom is 0.267 e. The number of amides is 1. The van der Waals surface area contributed by atoms with Crippen LogP contribution in [0.5, 0.6) is 5.75 Å². The lowest BCUT2D eigenvalue weighted by Gasteiger charge is -2.33. The van der Waals surface area contributed by atoms with Gasteiger partial charge in [0.15, 0.2) is 11.9 Å². The fourth-order valence-electron chi connectivity index (χ4n) is 3.10. The summed E-state index contributed by atoms with van der Waals surface area (Å²) in [6.07, 6.45) is 1.70. The molecule has 0 bridgehead atoms. The van der Waals surface area contributed by atoms with Gasteiger partial charge in [-0.15, -0.1) is 0 Å². The Balaban J connectivity index is 1.80. The minimum Gasteiger partial charge on any atom is -0.479 e. The van der Waals surface area contributed by atoms with Gasteiger partial charge in [0.25, 0.3) is 5.91 Å². The van der Waals surface area contributed by atoms with Crippen molar-refractivity contribution in [1.82, 2.24) is 0 Å². The first-order valence-corrected chi connectivity index (χ1v) is 8.79. The van der Waals surface area contributed by atoms with Crippen molar-refractivity contribution in [2.24, 2.45) is 0 Å².